The van der Waals surface area contributed by atoms with Crippen LogP contribution in [0.4, 0.5) is 0 Å². The van der Waals surface area contributed by atoms with E-state index in [4.69, 9.17) is 11.6 Å². The van der Waals surface area contributed by atoms with E-state index in [2.05, 4.69) is 9.71 Å². The first kappa shape index (κ1) is 16.8. The van der Waals surface area contributed by atoms with E-state index in [1.54, 1.807) is 11.3 Å². The summed E-state index contributed by atoms with van der Waals surface area (Å²) in [5.74, 6) is 0. The summed E-state index contributed by atoms with van der Waals surface area (Å²) >= 11 is 6.40. The average molecular weight is 343 g/mol. The molecule has 0 bridgehead atoms. The topological polar surface area (TPSA) is 48.0 Å². The van der Waals surface area contributed by atoms with E-state index < -0.39 is 11.4 Å². The molecule has 1 unspecified atom stereocenters. The first-order chi connectivity index (χ1) is 9.77. The molecule has 1 aromatic heterocycles. The van der Waals surface area contributed by atoms with Crippen molar-refractivity contribution in [2.45, 2.75) is 38.5 Å². The van der Waals surface area contributed by atoms with Crippen molar-refractivity contribution in [1.29, 1.82) is 0 Å². The van der Waals surface area contributed by atoms with E-state index in [1.165, 1.54) is 0 Å². The van der Waals surface area contributed by atoms with Crippen LogP contribution in [0.1, 0.15) is 38.6 Å². The third-order valence-corrected chi connectivity index (χ3v) is 6.04. The van der Waals surface area contributed by atoms with E-state index in [0.29, 0.717) is 5.02 Å². The van der Waals surface area contributed by atoms with Crippen molar-refractivity contribution in [1.82, 2.24) is 9.71 Å². The van der Waals surface area contributed by atoms with Gasteiger partial charge >= 0.3 is 0 Å². The second kappa shape index (κ2) is 6.67. The summed E-state index contributed by atoms with van der Waals surface area (Å²) in [6.45, 7) is 7.86. The third-order valence-electron chi connectivity index (χ3n) is 2.88. The highest BCUT2D eigenvalue weighted by molar-refractivity contribution is 7.90. The Hall–Kier alpha value is -0.590. The zero-order chi connectivity index (χ0) is 15.6. The fourth-order valence-corrected chi connectivity index (χ4v) is 3.53. The molecular formula is C15H19ClN2OS2. The summed E-state index contributed by atoms with van der Waals surface area (Å²) < 4.78 is 15.0. The predicted octanol–water partition coefficient (Wildman–Crippen LogP) is 4.58. The van der Waals surface area contributed by atoms with Crippen LogP contribution in [0.15, 0.2) is 30.5 Å². The molecule has 2 atom stereocenters. The molecule has 6 heteroatoms. The summed E-state index contributed by atoms with van der Waals surface area (Å²) in [5, 5.41) is 1.66. The van der Waals surface area contributed by atoms with Crippen LogP contribution in [0.3, 0.4) is 0 Å². The lowest BCUT2D eigenvalue weighted by atomic mass is 10.2. The minimum absolute atomic E-state index is 0.00334. The molecular weight excluding hydrogens is 324 g/mol. The number of halogens is 1. The second-order valence-electron chi connectivity index (χ2n) is 5.80. The zero-order valence-electron chi connectivity index (χ0n) is 12.5. The molecule has 3 nitrogen and oxygen atoms in total. The number of nitrogens with one attached hydrogen (secondary N) is 1. The van der Waals surface area contributed by atoms with Gasteiger partial charge in [-0.3, -0.25) is 0 Å². The summed E-state index contributed by atoms with van der Waals surface area (Å²) in [6, 6.07) is 7.62. The van der Waals surface area contributed by atoms with E-state index in [9.17, 15) is 4.55 Å². The first-order valence-electron chi connectivity index (χ1n) is 6.67. The highest BCUT2D eigenvalue weighted by atomic mass is 35.5. The molecule has 21 heavy (non-hydrogen) atoms. The van der Waals surface area contributed by atoms with Crippen molar-refractivity contribution < 1.29 is 4.55 Å². The minimum atomic E-state index is -1.09. The molecule has 1 N–H and O–H groups in total. The molecule has 0 amide bonds. The number of hydrogen-bond acceptors (Lipinski definition) is 4. The number of rotatable bonds is 4. The third kappa shape index (κ3) is 4.44. The molecule has 0 aliphatic carbocycles. The number of benzene rings is 1. The highest BCUT2D eigenvalue weighted by Gasteiger charge is 2.28. The Morgan fingerprint density at radius 3 is 2.48 bits per heavy atom. The number of thiazole rings is 1. The van der Waals surface area contributed by atoms with Gasteiger partial charge in [0.05, 0.1) is 6.04 Å². The van der Waals surface area contributed by atoms with Crippen molar-refractivity contribution in [2.75, 3.05) is 0 Å². The summed E-state index contributed by atoms with van der Waals surface area (Å²) in [7, 11) is 0. The summed E-state index contributed by atoms with van der Waals surface area (Å²) in [5.41, 5.74) is 1.04. The Labute approximate surface area is 138 Å². The van der Waals surface area contributed by atoms with Gasteiger partial charge in [-0.25, -0.2) is 4.98 Å². The largest absolute Gasteiger partial charge is 0.598 e. The molecule has 2 rings (SSSR count). The fraction of sp³-hybridized carbons (Fsp3) is 0.400. The molecule has 0 aliphatic heterocycles. The van der Waals surface area contributed by atoms with Gasteiger partial charge in [0, 0.05) is 33.0 Å². The zero-order valence-corrected chi connectivity index (χ0v) is 14.9. The monoisotopic (exact) mass is 342 g/mol. The molecule has 1 heterocycles. The molecule has 0 saturated carbocycles. The molecule has 114 valence electrons. The predicted molar refractivity (Wildman–Crippen MR) is 92.0 cm³/mol. The first-order valence-corrected chi connectivity index (χ1v) is 9.01. The van der Waals surface area contributed by atoms with Crippen molar-refractivity contribution in [2.24, 2.45) is 0 Å². The maximum Gasteiger partial charge on any atom is 0.136 e. The molecule has 0 aliphatic rings. The molecule has 1 aromatic carbocycles. The van der Waals surface area contributed by atoms with Crippen LogP contribution in [0.25, 0.3) is 10.6 Å². The van der Waals surface area contributed by atoms with Crippen LogP contribution >= 0.6 is 22.9 Å². The SMILES string of the molecule is C[C@H](N[S+]([O-])C(C)(C)C)c1cnc(-c2ccc(Cl)cc2)s1. The van der Waals surface area contributed by atoms with E-state index in [0.717, 1.165) is 15.4 Å². The number of nitrogens with zero attached hydrogens (tertiary/aromatic N) is 1. The van der Waals surface area contributed by atoms with Crippen LogP contribution in [-0.2, 0) is 11.4 Å². The van der Waals surface area contributed by atoms with Gasteiger partial charge in [-0.15, -0.1) is 16.1 Å². The quantitative estimate of drug-likeness (QED) is 0.827. The summed E-state index contributed by atoms with van der Waals surface area (Å²) in [6.07, 6.45) is 1.84. The molecule has 0 fully saturated rings. The van der Waals surface area contributed by atoms with Crippen LogP contribution in [0.5, 0.6) is 0 Å². The number of aromatic nitrogens is 1. The van der Waals surface area contributed by atoms with Crippen LogP contribution in [0.2, 0.25) is 5.02 Å². The Kier molecular flexibility index (Phi) is 5.33. The minimum Gasteiger partial charge on any atom is -0.598 e. The highest BCUT2D eigenvalue weighted by Crippen LogP contribution is 2.30. The normalized spacial score (nSPS) is 15.0. The molecule has 0 radical (unpaired) electrons. The van der Waals surface area contributed by atoms with Gasteiger partial charge in [0.1, 0.15) is 9.75 Å². The molecule has 0 saturated heterocycles. The Morgan fingerprint density at radius 2 is 1.90 bits per heavy atom. The maximum atomic E-state index is 12.1. The second-order valence-corrected chi connectivity index (χ2v) is 9.29. The van der Waals surface area contributed by atoms with E-state index >= 15 is 0 Å². The average Bonchev–Trinajstić information content (AvgIpc) is 2.88. The van der Waals surface area contributed by atoms with Gasteiger partial charge in [0.15, 0.2) is 0 Å². The van der Waals surface area contributed by atoms with Crippen LogP contribution in [-0.4, -0.2) is 14.3 Å². The molecule has 2 aromatic rings. The Morgan fingerprint density at radius 1 is 1.29 bits per heavy atom. The van der Waals surface area contributed by atoms with Gasteiger partial charge in [0.2, 0.25) is 0 Å². The Balaban J connectivity index is 2.10. The van der Waals surface area contributed by atoms with Gasteiger partial charge in [-0.05, 0) is 39.8 Å². The Bertz CT molecular complexity index is 592. The summed E-state index contributed by atoms with van der Waals surface area (Å²) in [4.78, 5) is 5.51. The van der Waals surface area contributed by atoms with Crippen molar-refractivity contribution in [3.05, 3.63) is 40.4 Å². The van der Waals surface area contributed by atoms with E-state index in [-0.39, 0.29) is 10.8 Å². The lowest BCUT2D eigenvalue weighted by Gasteiger charge is -2.25. The number of hydrogen-bond donors (Lipinski definition) is 1. The van der Waals surface area contributed by atoms with Crippen LogP contribution in [0, 0.1) is 0 Å². The van der Waals surface area contributed by atoms with Crippen molar-refractivity contribution >= 4 is 34.3 Å². The van der Waals surface area contributed by atoms with Gasteiger partial charge < -0.3 is 4.55 Å². The smallest absolute Gasteiger partial charge is 0.136 e. The van der Waals surface area contributed by atoms with E-state index in [1.807, 2.05) is 58.2 Å². The van der Waals surface area contributed by atoms with Gasteiger partial charge in [-0.2, -0.15) is 0 Å². The van der Waals surface area contributed by atoms with Gasteiger partial charge in [-0.1, -0.05) is 23.7 Å². The van der Waals surface area contributed by atoms with Gasteiger partial charge in [0.25, 0.3) is 0 Å². The van der Waals surface area contributed by atoms with Crippen LogP contribution < -0.4 is 4.72 Å². The maximum absolute atomic E-state index is 12.1. The standard InChI is InChI=1S/C15H19ClN2OS2/c1-10(18-21(19)15(2,3)4)13-9-17-14(20-13)11-5-7-12(16)8-6-11/h5-10,18H,1-4H3/t10-,21?/m0/s1. The molecule has 0 spiro atoms. The van der Waals surface area contributed by atoms with Crippen molar-refractivity contribution in [3.63, 3.8) is 0 Å². The lowest BCUT2D eigenvalue weighted by Crippen LogP contribution is -2.40. The fourth-order valence-electron chi connectivity index (χ4n) is 1.61. The lowest BCUT2D eigenvalue weighted by molar-refractivity contribution is 0.532. The van der Waals surface area contributed by atoms with Crippen molar-refractivity contribution in [3.8, 4) is 10.6 Å².